The van der Waals surface area contributed by atoms with E-state index in [1.807, 2.05) is 26.8 Å². The SMILES string of the molecule is CC1(C)[C@H]2CC[C@@]1(C)C(=O)N(CCC(=O)N=Nc1c(O)[nH]c3ccccc13)C2=O. The minimum atomic E-state index is -0.591. The molecule has 1 aromatic carbocycles. The van der Waals surface area contributed by atoms with Crippen molar-refractivity contribution < 1.29 is 19.5 Å². The molecule has 0 unspecified atom stereocenters. The second-order valence-electron chi connectivity index (χ2n) is 8.65. The average molecular weight is 396 g/mol. The fourth-order valence-electron chi connectivity index (χ4n) is 4.69. The Morgan fingerprint density at radius 3 is 2.76 bits per heavy atom. The van der Waals surface area contributed by atoms with Crippen LogP contribution in [0.2, 0.25) is 0 Å². The lowest BCUT2D eigenvalue weighted by atomic mass is 9.62. The number of piperidine rings is 1. The number of imide groups is 1. The van der Waals surface area contributed by atoms with Gasteiger partial charge in [-0.15, -0.1) is 10.2 Å². The summed E-state index contributed by atoms with van der Waals surface area (Å²) in [5, 5.41) is 18.2. The number of rotatable bonds is 4. The van der Waals surface area contributed by atoms with E-state index in [0.717, 1.165) is 0 Å². The highest BCUT2D eigenvalue weighted by Gasteiger charge is 2.64. The molecule has 1 saturated heterocycles. The largest absolute Gasteiger partial charge is 0.493 e. The van der Waals surface area contributed by atoms with Crippen molar-refractivity contribution in [2.75, 3.05) is 6.54 Å². The molecule has 1 saturated carbocycles. The maximum Gasteiger partial charge on any atom is 0.266 e. The Labute approximate surface area is 168 Å². The number of azo groups is 1. The van der Waals surface area contributed by atoms with Gasteiger partial charge < -0.3 is 10.1 Å². The lowest BCUT2D eigenvalue weighted by Gasteiger charge is -2.47. The smallest absolute Gasteiger partial charge is 0.266 e. The molecule has 2 N–H and O–H groups in total. The number of hydrogen-bond acceptors (Lipinski definition) is 5. The van der Waals surface area contributed by atoms with Crippen LogP contribution in [-0.4, -0.2) is 39.3 Å². The Balaban J connectivity index is 1.46. The Kier molecular flexibility index (Phi) is 4.33. The predicted octanol–water partition coefficient (Wildman–Crippen LogP) is 3.69. The monoisotopic (exact) mass is 396 g/mol. The van der Waals surface area contributed by atoms with Gasteiger partial charge in [-0.25, -0.2) is 0 Å². The van der Waals surface area contributed by atoms with Crippen molar-refractivity contribution in [1.29, 1.82) is 0 Å². The molecule has 4 rings (SSSR count). The number of benzene rings is 1. The number of aromatic amines is 1. The van der Waals surface area contributed by atoms with E-state index in [9.17, 15) is 19.5 Å². The first kappa shape index (κ1) is 19.3. The molecular formula is C21H24N4O4. The number of aromatic nitrogens is 1. The van der Waals surface area contributed by atoms with Crippen LogP contribution in [-0.2, 0) is 14.4 Å². The Hall–Kier alpha value is -3.03. The molecule has 2 heterocycles. The van der Waals surface area contributed by atoms with Crippen molar-refractivity contribution in [3.05, 3.63) is 24.3 Å². The number of hydrogen-bond donors (Lipinski definition) is 2. The third-order valence-electron chi connectivity index (χ3n) is 6.98. The molecular weight excluding hydrogens is 372 g/mol. The third kappa shape index (κ3) is 2.77. The van der Waals surface area contributed by atoms with Crippen LogP contribution in [0.4, 0.5) is 5.69 Å². The summed E-state index contributed by atoms with van der Waals surface area (Å²) in [5.41, 5.74) is -0.103. The summed E-state index contributed by atoms with van der Waals surface area (Å²) >= 11 is 0. The van der Waals surface area contributed by atoms with E-state index in [-0.39, 0.29) is 47.7 Å². The number of carbonyl (C=O) groups excluding carboxylic acids is 3. The Morgan fingerprint density at radius 2 is 2.00 bits per heavy atom. The molecule has 1 aliphatic heterocycles. The summed E-state index contributed by atoms with van der Waals surface area (Å²) in [6.45, 7) is 5.86. The van der Waals surface area contributed by atoms with Crippen molar-refractivity contribution in [3.8, 4) is 5.88 Å². The molecule has 0 spiro atoms. The first-order valence-corrected chi connectivity index (χ1v) is 9.77. The molecule has 152 valence electrons. The van der Waals surface area contributed by atoms with Gasteiger partial charge in [0.2, 0.25) is 17.7 Å². The number of likely N-dealkylation sites (tertiary alicyclic amines) is 1. The third-order valence-corrected chi connectivity index (χ3v) is 6.98. The standard InChI is InChI=1S/C21H24N4O4/c1-20(2)13-8-10-21(20,3)19(29)25(18(13)28)11-9-15(26)23-24-16-12-6-4-5-7-14(12)22-17(16)27/h4-7,13,22,27H,8-11H2,1-3H3/t13-,21-/m0/s1. The van der Waals surface area contributed by atoms with E-state index in [2.05, 4.69) is 15.2 Å². The number of para-hydroxylation sites is 1. The number of carbonyl (C=O) groups is 3. The highest BCUT2D eigenvalue weighted by Crippen LogP contribution is 2.60. The maximum atomic E-state index is 13.0. The van der Waals surface area contributed by atoms with Gasteiger partial charge in [-0.1, -0.05) is 39.0 Å². The number of H-pyrrole nitrogens is 1. The number of nitrogens with one attached hydrogen (secondary N) is 1. The number of nitrogens with zero attached hydrogens (tertiary/aromatic N) is 3. The first-order valence-electron chi connectivity index (χ1n) is 9.77. The minimum absolute atomic E-state index is 0.00242. The number of amides is 3. The molecule has 8 heteroatoms. The zero-order valence-corrected chi connectivity index (χ0v) is 16.7. The van der Waals surface area contributed by atoms with E-state index < -0.39 is 11.3 Å². The lowest BCUT2D eigenvalue weighted by Crippen LogP contribution is -2.59. The fourth-order valence-corrected chi connectivity index (χ4v) is 4.69. The summed E-state index contributed by atoms with van der Waals surface area (Å²) < 4.78 is 0. The molecule has 2 fully saturated rings. The number of aromatic hydroxyl groups is 1. The highest BCUT2D eigenvalue weighted by atomic mass is 16.3. The fraction of sp³-hybridized carbons (Fsp3) is 0.476. The molecule has 3 amide bonds. The lowest BCUT2D eigenvalue weighted by molar-refractivity contribution is -0.167. The molecule has 0 radical (unpaired) electrons. The molecule has 1 aromatic heterocycles. The number of fused-ring (bicyclic) bond motifs is 3. The zero-order valence-electron chi connectivity index (χ0n) is 16.7. The summed E-state index contributed by atoms with van der Waals surface area (Å²) in [7, 11) is 0. The molecule has 8 nitrogen and oxygen atoms in total. The normalized spacial score (nSPS) is 26.0. The molecule has 2 atom stereocenters. The Morgan fingerprint density at radius 1 is 1.28 bits per heavy atom. The van der Waals surface area contributed by atoms with Crippen molar-refractivity contribution in [2.45, 2.75) is 40.0 Å². The van der Waals surface area contributed by atoms with Gasteiger partial charge in [0.25, 0.3) is 5.91 Å². The second-order valence-corrected chi connectivity index (χ2v) is 8.65. The van der Waals surface area contributed by atoms with Gasteiger partial charge >= 0.3 is 0 Å². The van der Waals surface area contributed by atoms with Gasteiger partial charge in [-0.05, 0) is 24.3 Å². The second kappa shape index (κ2) is 6.50. The van der Waals surface area contributed by atoms with Gasteiger partial charge in [0.15, 0.2) is 5.69 Å². The van der Waals surface area contributed by atoms with Gasteiger partial charge in [0.1, 0.15) is 0 Å². The van der Waals surface area contributed by atoms with Crippen LogP contribution >= 0.6 is 0 Å². The summed E-state index contributed by atoms with van der Waals surface area (Å²) in [4.78, 5) is 42.0. The average Bonchev–Trinajstić information content (AvgIpc) is 3.08. The van der Waals surface area contributed by atoms with Crippen LogP contribution in [0.25, 0.3) is 10.9 Å². The summed E-state index contributed by atoms with van der Waals surface area (Å²) in [6.07, 6.45) is 1.27. The predicted molar refractivity (Wildman–Crippen MR) is 105 cm³/mol. The van der Waals surface area contributed by atoms with Crippen LogP contribution in [0, 0.1) is 16.7 Å². The summed E-state index contributed by atoms with van der Waals surface area (Å²) in [6, 6.07) is 7.14. The van der Waals surface area contributed by atoms with Gasteiger partial charge in [0, 0.05) is 24.3 Å². The highest BCUT2D eigenvalue weighted by molar-refractivity contribution is 6.04. The maximum absolute atomic E-state index is 13.0. The van der Waals surface area contributed by atoms with E-state index in [1.54, 1.807) is 18.2 Å². The quantitative estimate of drug-likeness (QED) is 0.606. The van der Waals surface area contributed by atoms with Crippen molar-refractivity contribution >= 4 is 34.3 Å². The van der Waals surface area contributed by atoms with E-state index in [1.165, 1.54) is 4.90 Å². The van der Waals surface area contributed by atoms with Crippen molar-refractivity contribution in [2.24, 2.45) is 27.0 Å². The molecule has 2 aliphatic rings. The van der Waals surface area contributed by atoms with Crippen molar-refractivity contribution in [3.63, 3.8) is 0 Å². The molecule has 2 aromatic rings. The van der Waals surface area contributed by atoms with Crippen molar-refractivity contribution in [1.82, 2.24) is 9.88 Å². The van der Waals surface area contributed by atoms with Crippen LogP contribution in [0.1, 0.15) is 40.0 Å². The topological polar surface area (TPSA) is 115 Å². The van der Waals surface area contributed by atoms with Crippen LogP contribution < -0.4 is 0 Å². The van der Waals surface area contributed by atoms with Crippen LogP contribution in [0.5, 0.6) is 5.88 Å². The van der Waals surface area contributed by atoms with Crippen LogP contribution in [0.15, 0.2) is 34.5 Å². The van der Waals surface area contributed by atoms with E-state index in [0.29, 0.717) is 23.7 Å². The molecule has 2 bridgehead atoms. The summed E-state index contributed by atoms with van der Waals surface area (Å²) in [5.74, 6) is -1.34. The van der Waals surface area contributed by atoms with Gasteiger partial charge in [-0.3, -0.25) is 19.3 Å². The van der Waals surface area contributed by atoms with E-state index >= 15 is 0 Å². The van der Waals surface area contributed by atoms with Gasteiger partial charge in [-0.2, -0.15) is 0 Å². The van der Waals surface area contributed by atoms with Crippen LogP contribution in [0.3, 0.4) is 0 Å². The zero-order chi connectivity index (χ0) is 21.0. The minimum Gasteiger partial charge on any atom is -0.493 e. The van der Waals surface area contributed by atoms with E-state index in [4.69, 9.17) is 0 Å². The first-order chi connectivity index (χ1) is 13.7. The molecule has 29 heavy (non-hydrogen) atoms. The Bertz CT molecular complexity index is 1050. The molecule has 1 aliphatic carbocycles. The van der Waals surface area contributed by atoms with Gasteiger partial charge in [0.05, 0.1) is 10.9 Å².